The number of benzene rings is 2. The van der Waals surface area contributed by atoms with Gasteiger partial charge in [-0.25, -0.2) is 16.8 Å². The molecule has 1 fully saturated rings. The number of anilines is 2. The Labute approximate surface area is 176 Å². The van der Waals surface area contributed by atoms with Crippen LogP contribution in [0.5, 0.6) is 0 Å². The van der Waals surface area contributed by atoms with Gasteiger partial charge in [-0.3, -0.25) is 9.44 Å². The minimum Gasteiger partial charge on any atom is -0.392 e. The standard InChI is InChI=1S/C19H23ClN2O5S2/c1-13-10-11-14(21-28(24,25)18-9-5-4-8-17(18)23)12-19(13)29(26,27)22-16-7-3-2-6-15(16)20/h2-3,6-7,10-12,17-18,21-23H,4-5,8-9H2,1H3. The highest BCUT2D eigenvalue weighted by Crippen LogP contribution is 2.29. The summed E-state index contributed by atoms with van der Waals surface area (Å²) in [6.07, 6.45) is 1.37. The maximum absolute atomic E-state index is 12.9. The van der Waals surface area contributed by atoms with E-state index in [0.717, 1.165) is 12.8 Å². The molecule has 0 aromatic heterocycles. The highest BCUT2D eigenvalue weighted by molar-refractivity contribution is 7.93. The second-order valence-electron chi connectivity index (χ2n) is 7.10. The van der Waals surface area contributed by atoms with Gasteiger partial charge in [0, 0.05) is 5.69 Å². The number of aliphatic hydroxyl groups excluding tert-OH is 1. The molecule has 29 heavy (non-hydrogen) atoms. The van der Waals surface area contributed by atoms with Crippen LogP contribution in [0.4, 0.5) is 11.4 Å². The lowest BCUT2D eigenvalue weighted by Crippen LogP contribution is -2.40. The summed E-state index contributed by atoms with van der Waals surface area (Å²) < 4.78 is 56.0. The number of rotatable bonds is 6. The maximum atomic E-state index is 12.9. The Morgan fingerprint density at radius 3 is 2.38 bits per heavy atom. The lowest BCUT2D eigenvalue weighted by Gasteiger charge is -2.27. The van der Waals surface area contributed by atoms with Gasteiger partial charge in [-0.2, -0.15) is 0 Å². The number of aryl methyl sites for hydroxylation is 1. The largest absolute Gasteiger partial charge is 0.392 e. The van der Waals surface area contributed by atoms with E-state index < -0.39 is 31.4 Å². The quantitative estimate of drug-likeness (QED) is 0.613. The molecular weight excluding hydrogens is 436 g/mol. The minimum atomic E-state index is -4.00. The molecule has 2 aromatic rings. The smallest absolute Gasteiger partial charge is 0.262 e. The fraction of sp³-hybridized carbons (Fsp3) is 0.368. The summed E-state index contributed by atoms with van der Waals surface area (Å²) in [5, 5.41) is 9.39. The highest BCUT2D eigenvalue weighted by Gasteiger charge is 2.34. The monoisotopic (exact) mass is 458 g/mol. The fourth-order valence-corrected chi connectivity index (χ4v) is 6.60. The van der Waals surface area contributed by atoms with E-state index in [1.807, 2.05) is 0 Å². The van der Waals surface area contributed by atoms with Crippen molar-refractivity contribution in [2.75, 3.05) is 9.44 Å². The summed E-state index contributed by atoms with van der Waals surface area (Å²) in [6, 6.07) is 10.7. The molecule has 0 aliphatic heterocycles. The molecule has 158 valence electrons. The van der Waals surface area contributed by atoms with Gasteiger partial charge in [0.1, 0.15) is 5.25 Å². The van der Waals surface area contributed by atoms with Crippen molar-refractivity contribution in [1.82, 2.24) is 0 Å². The first-order valence-corrected chi connectivity index (χ1v) is 12.6. The van der Waals surface area contributed by atoms with Crippen molar-refractivity contribution in [3.8, 4) is 0 Å². The molecule has 3 rings (SSSR count). The summed E-state index contributed by atoms with van der Waals surface area (Å²) in [5.74, 6) is 0. The third kappa shape index (κ3) is 5.03. The molecule has 3 N–H and O–H groups in total. The SMILES string of the molecule is Cc1ccc(NS(=O)(=O)C2CCCCC2O)cc1S(=O)(=O)Nc1ccccc1Cl. The van der Waals surface area contributed by atoms with Crippen molar-refractivity contribution in [2.45, 2.75) is 48.9 Å². The van der Waals surface area contributed by atoms with Crippen LogP contribution in [0.1, 0.15) is 31.2 Å². The fourth-order valence-electron chi connectivity index (χ4n) is 3.38. The van der Waals surface area contributed by atoms with Crippen molar-refractivity contribution in [2.24, 2.45) is 0 Å². The Morgan fingerprint density at radius 1 is 1.00 bits per heavy atom. The molecule has 0 bridgehead atoms. The van der Waals surface area contributed by atoms with Gasteiger partial charge in [0.15, 0.2) is 0 Å². The summed E-state index contributed by atoms with van der Waals surface area (Å²) in [6.45, 7) is 1.62. The van der Waals surface area contributed by atoms with Gasteiger partial charge in [-0.15, -0.1) is 0 Å². The van der Waals surface area contributed by atoms with Crippen LogP contribution in [-0.4, -0.2) is 33.3 Å². The summed E-state index contributed by atoms with van der Waals surface area (Å²) >= 11 is 6.03. The van der Waals surface area contributed by atoms with Gasteiger partial charge in [0.2, 0.25) is 10.0 Å². The molecule has 1 aliphatic carbocycles. The van der Waals surface area contributed by atoms with Crippen LogP contribution >= 0.6 is 11.6 Å². The average Bonchev–Trinajstić information content (AvgIpc) is 2.65. The van der Waals surface area contributed by atoms with Crippen LogP contribution in [0.15, 0.2) is 47.4 Å². The van der Waals surface area contributed by atoms with E-state index in [-0.39, 0.29) is 21.3 Å². The number of hydrogen-bond acceptors (Lipinski definition) is 5. The second kappa shape index (κ2) is 8.51. The number of hydrogen-bond donors (Lipinski definition) is 3. The molecule has 1 saturated carbocycles. The minimum absolute atomic E-state index is 0.0678. The zero-order chi connectivity index (χ0) is 21.2. The molecule has 2 aromatic carbocycles. The average molecular weight is 459 g/mol. The molecule has 0 amide bonds. The maximum Gasteiger partial charge on any atom is 0.262 e. The lowest BCUT2D eigenvalue weighted by atomic mass is 9.97. The summed E-state index contributed by atoms with van der Waals surface area (Å²) in [4.78, 5) is -0.0678. The van der Waals surface area contributed by atoms with Crippen molar-refractivity contribution in [3.05, 3.63) is 53.1 Å². The number of aliphatic hydroxyl groups is 1. The van der Waals surface area contributed by atoms with Crippen molar-refractivity contribution in [3.63, 3.8) is 0 Å². The Bertz CT molecular complexity index is 1100. The van der Waals surface area contributed by atoms with Gasteiger partial charge in [0.05, 0.1) is 21.7 Å². The van der Waals surface area contributed by atoms with Crippen LogP contribution in [0, 0.1) is 6.92 Å². The molecule has 0 spiro atoms. The lowest BCUT2D eigenvalue weighted by molar-refractivity contribution is 0.133. The van der Waals surface area contributed by atoms with Crippen LogP contribution in [0.3, 0.4) is 0 Å². The zero-order valence-corrected chi connectivity index (χ0v) is 18.2. The molecule has 2 unspecified atom stereocenters. The predicted molar refractivity (Wildman–Crippen MR) is 114 cm³/mol. The molecule has 7 nitrogen and oxygen atoms in total. The number of sulfonamides is 2. The predicted octanol–water partition coefficient (Wildman–Crippen LogP) is 3.49. The van der Waals surface area contributed by atoms with Crippen LogP contribution in [0.25, 0.3) is 0 Å². The normalized spacial score (nSPS) is 20.2. The third-order valence-corrected chi connectivity index (χ3v) is 8.63. The van der Waals surface area contributed by atoms with E-state index in [2.05, 4.69) is 9.44 Å². The molecule has 0 heterocycles. The van der Waals surface area contributed by atoms with Gasteiger partial charge in [0.25, 0.3) is 10.0 Å². The first kappa shape index (κ1) is 21.9. The van der Waals surface area contributed by atoms with Crippen LogP contribution in [-0.2, 0) is 20.0 Å². The van der Waals surface area contributed by atoms with Gasteiger partial charge < -0.3 is 5.11 Å². The molecule has 2 atom stereocenters. The Hall–Kier alpha value is -1.81. The molecular formula is C19H23ClN2O5S2. The molecule has 1 aliphatic rings. The summed E-state index contributed by atoms with van der Waals surface area (Å²) in [7, 11) is -7.86. The molecule has 10 heteroatoms. The number of nitrogens with one attached hydrogen (secondary N) is 2. The van der Waals surface area contributed by atoms with Gasteiger partial charge >= 0.3 is 0 Å². The Morgan fingerprint density at radius 2 is 1.69 bits per heavy atom. The first-order chi connectivity index (χ1) is 13.6. The molecule has 0 radical (unpaired) electrons. The third-order valence-electron chi connectivity index (χ3n) is 4.92. The topological polar surface area (TPSA) is 113 Å². The van der Waals surface area contributed by atoms with Crippen molar-refractivity contribution >= 4 is 43.0 Å². The second-order valence-corrected chi connectivity index (χ2v) is 11.1. The Kier molecular flexibility index (Phi) is 6.42. The zero-order valence-electron chi connectivity index (χ0n) is 15.8. The van der Waals surface area contributed by atoms with Crippen molar-refractivity contribution in [1.29, 1.82) is 0 Å². The van der Waals surface area contributed by atoms with E-state index in [4.69, 9.17) is 11.6 Å². The van der Waals surface area contributed by atoms with E-state index in [1.54, 1.807) is 25.1 Å². The first-order valence-electron chi connectivity index (χ1n) is 9.18. The van der Waals surface area contributed by atoms with Gasteiger partial charge in [-0.1, -0.05) is 42.6 Å². The molecule has 0 saturated heterocycles. The van der Waals surface area contributed by atoms with E-state index >= 15 is 0 Å². The summed E-state index contributed by atoms with van der Waals surface area (Å²) in [5.41, 5.74) is 0.794. The van der Waals surface area contributed by atoms with E-state index in [9.17, 15) is 21.9 Å². The number of halogens is 1. The van der Waals surface area contributed by atoms with Crippen LogP contribution < -0.4 is 9.44 Å². The van der Waals surface area contributed by atoms with Gasteiger partial charge in [-0.05, 0) is 49.6 Å². The van der Waals surface area contributed by atoms with E-state index in [1.165, 1.54) is 24.3 Å². The van der Waals surface area contributed by atoms with Crippen molar-refractivity contribution < 1.29 is 21.9 Å². The van der Waals surface area contributed by atoms with Crippen LogP contribution in [0.2, 0.25) is 5.02 Å². The number of para-hydroxylation sites is 1. The Balaban J connectivity index is 1.89. The highest BCUT2D eigenvalue weighted by atomic mass is 35.5. The van der Waals surface area contributed by atoms with E-state index in [0.29, 0.717) is 18.4 Å².